The molecule has 0 rings (SSSR count). The Morgan fingerprint density at radius 1 is 0.250 bits per heavy atom. The Hall–Kier alpha value is 28.8. The summed E-state index contributed by atoms with van der Waals surface area (Å²) in [5.41, 5.74) is 0. The summed E-state index contributed by atoms with van der Waals surface area (Å²) >= 11 is 0. The molecule has 0 aromatic rings. The molecule has 0 spiro atoms. The maximum atomic E-state index is 8.74. The zero-order chi connectivity index (χ0) is 4.50. The van der Waals surface area contributed by atoms with Gasteiger partial charge < -0.3 is 0 Å². The monoisotopic (exact) mass is 1060 g/mol. The van der Waals surface area contributed by atoms with Crippen LogP contribution in [0.1, 0.15) is 0 Å². The van der Waals surface area contributed by atoms with Crippen molar-refractivity contribution >= 4 is 878 Å². The number of hydrogen-bond acceptors (Lipinski definition) is 2. The molecule has 0 amide bonds. The van der Waals surface area contributed by atoms with Crippen LogP contribution < -0.4 is 0 Å². The quantitative estimate of drug-likeness (QED) is 0.187. The van der Waals surface area contributed by atoms with Crippen LogP contribution in [0.3, 0.4) is 0 Å². The van der Waals surface area contributed by atoms with E-state index in [2.05, 4.69) is 0 Å². The molecule has 0 unspecified atom stereocenters. The van der Waals surface area contributed by atoms with Gasteiger partial charge in [0.2, 0.25) is 0 Å². The van der Waals surface area contributed by atoms with Crippen LogP contribution in [-0.4, -0.2) is 886 Å². The molecule has 0 heterocycles. The molecule has 0 aromatic carbocycles. The van der Waals surface area contributed by atoms with Crippen molar-refractivity contribution in [2.75, 3.05) is 0 Å². The van der Waals surface area contributed by atoms with Gasteiger partial charge in [0.25, 0.3) is 0 Å². The minimum absolute atomic E-state index is 0. The minimum atomic E-state index is -4.67. The third kappa shape index (κ3) is 191. The van der Waals surface area contributed by atoms with Crippen LogP contribution in [0.25, 0.3) is 0 Å². The molecule has 124 valence electrons. The second-order valence-corrected chi connectivity index (χ2v) is 1.34. The summed E-state index contributed by atoms with van der Waals surface area (Å²) in [5.74, 6) is 0. The van der Waals surface area contributed by atoms with Crippen molar-refractivity contribution in [1.82, 2.24) is 0 Å². The predicted molar refractivity (Wildman–Crippen MR) is 211 cm³/mol. The SMILES string of the molecule is O=S(=O)(O)O.[CaH2].[CaH2].[CaH2].[CaH2].[CaH2].[CaH2].[CaH2].[CaH2].[CaH2].[CaH2].[CaH2].[CaH2].[CaH2].[CaH2].[CaH2].[CaH2].[CaH2].[CaH2].[CaH2].[CaH2].[CaH2].[CaH2].[CaH2]. The van der Waals surface area contributed by atoms with E-state index in [0.29, 0.717) is 0 Å². The maximum absolute atomic E-state index is 8.74. The van der Waals surface area contributed by atoms with Crippen LogP contribution in [-0.2, 0) is 10.4 Å². The fraction of sp³-hybridized carbons (Fsp3) is 0. The molecule has 2 N–H and O–H groups in total. The topological polar surface area (TPSA) is 74.6 Å². The van der Waals surface area contributed by atoms with Crippen molar-refractivity contribution in [2.24, 2.45) is 0 Å². The van der Waals surface area contributed by atoms with E-state index in [9.17, 15) is 0 Å². The van der Waals surface area contributed by atoms with Crippen LogP contribution in [0.4, 0.5) is 0 Å². The molecule has 28 heteroatoms. The molecule has 0 fully saturated rings. The van der Waals surface area contributed by atoms with Crippen LogP contribution in [0.2, 0.25) is 0 Å². The van der Waals surface area contributed by atoms with E-state index in [4.69, 9.17) is 17.5 Å². The molecular formula is H48Ca23O4S. The van der Waals surface area contributed by atoms with E-state index in [0.717, 1.165) is 0 Å². The average Bonchev–Trinajstić information content (AvgIpc) is 0.722. The van der Waals surface area contributed by atoms with Gasteiger partial charge in [-0.2, -0.15) is 8.42 Å². The first-order valence-corrected chi connectivity index (χ1v) is 2.10. The van der Waals surface area contributed by atoms with E-state index in [1.807, 2.05) is 0 Å². The normalized spacial score (nSPS) is 2.07. The summed E-state index contributed by atoms with van der Waals surface area (Å²) in [6, 6.07) is 0. The van der Waals surface area contributed by atoms with Crippen LogP contribution in [0.15, 0.2) is 0 Å². The van der Waals surface area contributed by atoms with Crippen molar-refractivity contribution in [2.45, 2.75) is 0 Å². The molecule has 0 aliphatic heterocycles. The van der Waals surface area contributed by atoms with E-state index in [-0.39, 0.29) is 868 Å². The summed E-state index contributed by atoms with van der Waals surface area (Å²) < 4.78 is 31.6. The summed E-state index contributed by atoms with van der Waals surface area (Å²) in [6.45, 7) is 0. The van der Waals surface area contributed by atoms with Crippen molar-refractivity contribution in [3.63, 3.8) is 0 Å². The Bertz CT molecular complexity index is 106. The summed E-state index contributed by atoms with van der Waals surface area (Å²) in [5, 5.41) is 0. The third-order valence-electron chi connectivity index (χ3n) is 0. The van der Waals surface area contributed by atoms with E-state index in [1.165, 1.54) is 0 Å². The van der Waals surface area contributed by atoms with Crippen LogP contribution >= 0.6 is 0 Å². The number of hydrogen-bond donors (Lipinski definition) is 2. The Morgan fingerprint density at radius 2 is 0.250 bits per heavy atom. The van der Waals surface area contributed by atoms with Gasteiger partial charge in [0.15, 0.2) is 0 Å². The van der Waals surface area contributed by atoms with Crippen molar-refractivity contribution in [3.8, 4) is 0 Å². The van der Waals surface area contributed by atoms with Gasteiger partial charge in [-0.25, -0.2) is 0 Å². The van der Waals surface area contributed by atoms with Crippen molar-refractivity contribution < 1.29 is 17.5 Å². The second-order valence-electron chi connectivity index (χ2n) is 0.448. The molecule has 0 atom stereocenters. The molecule has 0 bridgehead atoms. The second kappa shape index (κ2) is 138. The Balaban J connectivity index is -0.000000000316. The summed E-state index contributed by atoms with van der Waals surface area (Å²) in [6.07, 6.45) is 0. The molecule has 0 saturated carbocycles. The number of rotatable bonds is 0. The molecule has 28 heavy (non-hydrogen) atoms. The molecule has 4 nitrogen and oxygen atoms in total. The van der Waals surface area contributed by atoms with Gasteiger partial charge in [0.1, 0.15) is 0 Å². The van der Waals surface area contributed by atoms with Gasteiger partial charge in [-0.1, -0.05) is 0 Å². The van der Waals surface area contributed by atoms with Crippen LogP contribution in [0, 0.1) is 0 Å². The molecule has 0 aliphatic carbocycles. The van der Waals surface area contributed by atoms with Gasteiger partial charge in [-0.15, -0.1) is 0 Å². The predicted octanol–water partition coefficient (Wildman–Crippen LogP) is -21.7. The fourth-order valence-corrected chi connectivity index (χ4v) is 0. The van der Waals surface area contributed by atoms with E-state index >= 15 is 0 Å². The van der Waals surface area contributed by atoms with Gasteiger partial charge in [-0.05, 0) is 0 Å². The zero-order valence-corrected chi connectivity index (χ0v) is 2.94. The first-order chi connectivity index (χ1) is 2.00. The fourth-order valence-electron chi connectivity index (χ4n) is 0. The van der Waals surface area contributed by atoms with Crippen LogP contribution in [0.5, 0.6) is 0 Å². The molecule has 0 aliphatic rings. The Labute approximate surface area is 860 Å². The van der Waals surface area contributed by atoms with Gasteiger partial charge >= 0.3 is 878 Å². The molecule has 0 radical (unpaired) electrons. The molecular weight excluding hydrogens is 1020 g/mol. The Morgan fingerprint density at radius 3 is 0.250 bits per heavy atom. The van der Waals surface area contributed by atoms with Gasteiger partial charge in [-0.3, -0.25) is 9.11 Å². The third-order valence-corrected chi connectivity index (χ3v) is 0. The van der Waals surface area contributed by atoms with Gasteiger partial charge in [0.05, 0.1) is 0 Å². The zero-order valence-electron chi connectivity index (χ0n) is 2.12. The standard InChI is InChI=1S/23Ca.H2O4S.46H/c;;;;;;;;;;;;;;;;;;;;;;;1-5(2,3)4;;;;;;;;;;;;;;;;;;;;;;;;;;;;;;;;;;;;;;;;;;;;;;/h;;;;;;;;;;;;;;;;;;;;;;;(H2,1,2,3,4);;;;;;;;;;;;;;;;;;;;;;;;;;;;;;;;;;;;;;;;;;;;;;. The molecule has 0 saturated heterocycles. The average molecular weight is 1070 g/mol. The molecule has 0 aromatic heterocycles. The van der Waals surface area contributed by atoms with E-state index in [1.54, 1.807) is 0 Å². The summed E-state index contributed by atoms with van der Waals surface area (Å²) in [4.78, 5) is 0. The van der Waals surface area contributed by atoms with Crippen molar-refractivity contribution in [3.05, 3.63) is 0 Å². The first kappa shape index (κ1) is 164. The first-order valence-electron chi connectivity index (χ1n) is 0.698. The summed E-state index contributed by atoms with van der Waals surface area (Å²) in [7, 11) is -4.67. The van der Waals surface area contributed by atoms with Crippen molar-refractivity contribution in [1.29, 1.82) is 0 Å². The van der Waals surface area contributed by atoms with E-state index < -0.39 is 10.4 Å². The Kier molecular flexibility index (Phi) is 812. The van der Waals surface area contributed by atoms with Gasteiger partial charge in [0, 0.05) is 0 Å².